The Balaban J connectivity index is 1.37. The molecule has 1 aromatic carbocycles. The molecule has 4 heterocycles. The number of nitrogens with one attached hydrogen (secondary N) is 1. The molecule has 11 nitrogen and oxygen atoms in total. The summed E-state index contributed by atoms with van der Waals surface area (Å²) in [5, 5.41) is 7.00. The van der Waals surface area contributed by atoms with Crippen molar-refractivity contribution in [2.24, 2.45) is 5.73 Å². The van der Waals surface area contributed by atoms with Crippen LogP contribution in [0.3, 0.4) is 0 Å². The molecule has 0 spiro atoms. The van der Waals surface area contributed by atoms with Gasteiger partial charge in [0.05, 0.1) is 36.1 Å². The number of ketones is 1. The van der Waals surface area contributed by atoms with Crippen LogP contribution in [0.4, 0.5) is 0 Å². The Morgan fingerprint density at radius 2 is 2.05 bits per heavy atom. The van der Waals surface area contributed by atoms with E-state index < -0.39 is 0 Å². The summed E-state index contributed by atoms with van der Waals surface area (Å²) < 4.78 is 9.11. The predicted octanol–water partition coefficient (Wildman–Crippen LogP) is 0.922. The number of rotatable bonds is 8. The highest BCUT2D eigenvalue weighted by molar-refractivity contribution is 5.97. The molecule has 1 aliphatic heterocycles. The highest BCUT2D eigenvalue weighted by Gasteiger charge is 2.22. The monoisotopic (exact) mass is 500 g/mol. The number of benzene rings is 1. The van der Waals surface area contributed by atoms with E-state index in [1.165, 1.54) is 24.2 Å². The number of ether oxygens (including phenoxy) is 1. The first-order chi connectivity index (χ1) is 18.0. The van der Waals surface area contributed by atoms with Crippen LogP contribution in [0.1, 0.15) is 21.9 Å². The van der Waals surface area contributed by atoms with Crippen LogP contribution in [0.25, 0.3) is 23.0 Å². The number of aryl methyl sites for hydroxylation is 1. The fourth-order valence-electron chi connectivity index (χ4n) is 4.38. The van der Waals surface area contributed by atoms with Crippen LogP contribution < -0.4 is 16.3 Å². The first-order valence-corrected chi connectivity index (χ1v) is 11.8. The molecule has 0 amide bonds. The van der Waals surface area contributed by atoms with E-state index >= 15 is 0 Å². The van der Waals surface area contributed by atoms with Crippen molar-refractivity contribution in [2.75, 3.05) is 20.3 Å². The van der Waals surface area contributed by atoms with E-state index in [4.69, 9.17) is 15.3 Å². The zero-order chi connectivity index (χ0) is 25.9. The summed E-state index contributed by atoms with van der Waals surface area (Å²) in [7, 11) is 1.51. The second-order valence-corrected chi connectivity index (χ2v) is 8.50. The molecule has 0 aliphatic carbocycles. The number of hydroxylamine groups is 2. The maximum atomic E-state index is 13.3. The number of aromatic nitrogens is 6. The molecule has 0 fully saturated rings. The van der Waals surface area contributed by atoms with Crippen LogP contribution in [0, 0.1) is 6.92 Å². The number of H-pyrrole nitrogens is 1. The molecule has 190 valence electrons. The van der Waals surface area contributed by atoms with Gasteiger partial charge in [-0.3, -0.25) is 9.63 Å². The molecule has 0 radical (unpaired) electrons. The summed E-state index contributed by atoms with van der Waals surface area (Å²) in [6.45, 7) is 7.26. The first-order valence-electron chi connectivity index (χ1n) is 11.8. The molecule has 3 N–H and O–H groups in total. The van der Waals surface area contributed by atoms with Crippen LogP contribution in [0.15, 0.2) is 61.7 Å². The number of hydrogen-bond donors (Lipinski definition) is 2. The fraction of sp³-hybridized carbons (Fsp3) is 0.231. The summed E-state index contributed by atoms with van der Waals surface area (Å²) >= 11 is 0. The lowest BCUT2D eigenvalue weighted by Crippen LogP contribution is -2.38. The van der Waals surface area contributed by atoms with Crippen molar-refractivity contribution in [3.05, 3.63) is 89.4 Å². The van der Waals surface area contributed by atoms with E-state index in [0.29, 0.717) is 47.3 Å². The second kappa shape index (κ2) is 10.2. The first kappa shape index (κ1) is 24.2. The van der Waals surface area contributed by atoms with Crippen molar-refractivity contribution in [2.45, 2.75) is 20.0 Å². The predicted molar refractivity (Wildman–Crippen MR) is 137 cm³/mol. The van der Waals surface area contributed by atoms with Gasteiger partial charge in [0, 0.05) is 30.4 Å². The maximum absolute atomic E-state index is 13.3. The third kappa shape index (κ3) is 4.69. The SMILES string of the molecule is C=C/C(OC)=c1/c(C(=O)CON2CCn3c(cnc3-c3ccccc3)C2)c[nH]/c1=C(/N)n1cnc(C)n1. The Labute approximate surface area is 213 Å². The van der Waals surface area contributed by atoms with Crippen LogP contribution in [0.2, 0.25) is 0 Å². The third-order valence-corrected chi connectivity index (χ3v) is 6.20. The van der Waals surface area contributed by atoms with Gasteiger partial charge in [0.25, 0.3) is 0 Å². The molecule has 37 heavy (non-hydrogen) atoms. The number of aromatic amines is 1. The van der Waals surface area contributed by atoms with Crippen molar-refractivity contribution in [1.82, 2.24) is 34.4 Å². The van der Waals surface area contributed by atoms with Gasteiger partial charge in [-0.2, -0.15) is 10.2 Å². The molecule has 11 heteroatoms. The molecular formula is C26H28N8O3. The minimum atomic E-state index is -0.236. The zero-order valence-corrected chi connectivity index (χ0v) is 20.7. The van der Waals surface area contributed by atoms with E-state index in [1.807, 2.05) is 36.5 Å². The van der Waals surface area contributed by atoms with E-state index in [2.05, 4.69) is 31.2 Å². The van der Waals surface area contributed by atoms with Crippen molar-refractivity contribution in [1.29, 1.82) is 0 Å². The Bertz CT molecular complexity index is 1560. The average molecular weight is 501 g/mol. The van der Waals surface area contributed by atoms with Gasteiger partial charge >= 0.3 is 0 Å². The Kier molecular flexibility index (Phi) is 6.71. The molecule has 5 rings (SSSR count). The molecular weight excluding hydrogens is 472 g/mol. The van der Waals surface area contributed by atoms with Gasteiger partial charge in [-0.05, 0) is 13.0 Å². The maximum Gasteiger partial charge on any atom is 0.192 e. The molecule has 4 aromatic rings. The number of hydrogen-bond acceptors (Lipinski definition) is 8. The number of nitrogens with zero attached hydrogens (tertiary/aromatic N) is 6. The van der Waals surface area contributed by atoms with Crippen molar-refractivity contribution >= 4 is 17.4 Å². The van der Waals surface area contributed by atoms with E-state index in [0.717, 1.165) is 17.1 Å². The van der Waals surface area contributed by atoms with Gasteiger partial charge in [-0.1, -0.05) is 36.9 Å². The van der Waals surface area contributed by atoms with Crippen molar-refractivity contribution < 1.29 is 14.4 Å². The van der Waals surface area contributed by atoms with Crippen LogP contribution in [0.5, 0.6) is 0 Å². The quantitative estimate of drug-likeness (QED) is 0.342. The average Bonchev–Trinajstić information content (AvgIpc) is 3.66. The summed E-state index contributed by atoms with van der Waals surface area (Å²) in [6.07, 6.45) is 6.47. The Morgan fingerprint density at radius 1 is 1.24 bits per heavy atom. The summed E-state index contributed by atoms with van der Waals surface area (Å²) in [5.74, 6) is 1.93. The van der Waals surface area contributed by atoms with Gasteiger partial charge in [0.1, 0.15) is 30.3 Å². The van der Waals surface area contributed by atoms with E-state index in [-0.39, 0.29) is 18.2 Å². The van der Waals surface area contributed by atoms with Gasteiger partial charge in [-0.15, -0.1) is 0 Å². The minimum absolute atomic E-state index is 0.152. The Morgan fingerprint density at radius 3 is 2.76 bits per heavy atom. The molecule has 0 saturated carbocycles. The lowest BCUT2D eigenvalue weighted by Gasteiger charge is -2.27. The zero-order valence-electron chi connectivity index (χ0n) is 20.7. The molecule has 0 atom stereocenters. The van der Waals surface area contributed by atoms with E-state index in [1.54, 1.807) is 18.2 Å². The van der Waals surface area contributed by atoms with Crippen LogP contribution in [-0.2, 0) is 22.7 Å². The lowest BCUT2D eigenvalue weighted by molar-refractivity contribution is -0.164. The number of imidazole rings is 1. The van der Waals surface area contributed by atoms with Gasteiger partial charge in [0.2, 0.25) is 0 Å². The number of carbonyl (C=O) groups excluding carboxylic acids is 1. The van der Waals surface area contributed by atoms with Crippen LogP contribution in [-0.4, -0.2) is 60.4 Å². The number of nitrogens with two attached hydrogens (primary N) is 1. The number of methoxy groups -OCH3 is 1. The Hall–Kier alpha value is -4.48. The van der Waals surface area contributed by atoms with Crippen molar-refractivity contribution in [3.63, 3.8) is 0 Å². The topological polar surface area (TPSA) is 129 Å². The standard InChI is InChI=1S/C26H28N8O3/c1-4-22(36-3)23-20(13-28-24(23)25(27)34-16-30-17(2)31-34)21(35)15-37-32-10-11-33-19(14-32)12-29-26(33)18-8-6-5-7-9-18/h4-9,12-13,16,28H,1,10-11,14-15,27H2,2-3H3/b23-22+,25-24-. The van der Waals surface area contributed by atoms with Gasteiger partial charge in [0.15, 0.2) is 11.6 Å². The molecule has 0 bridgehead atoms. The van der Waals surface area contributed by atoms with Gasteiger partial charge < -0.3 is 20.0 Å². The lowest BCUT2D eigenvalue weighted by atomic mass is 10.1. The van der Waals surface area contributed by atoms with Crippen LogP contribution >= 0.6 is 0 Å². The summed E-state index contributed by atoms with van der Waals surface area (Å²) in [5.41, 5.74) is 8.82. The third-order valence-electron chi connectivity index (χ3n) is 6.20. The molecule has 0 unspecified atom stereocenters. The minimum Gasteiger partial charge on any atom is -0.496 e. The molecule has 3 aromatic heterocycles. The van der Waals surface area contributed by atoms with Gasteiger partial charge in [-0.25, -0.2) is 14.6 Å². The normalized spacial score (nSPS) is 15.2. The summed E-state index contributed by atoms with van der Waals surface area (Å²) in [6, 6.07) is 10.1. The fourth-order valence-corrected chi connectivity index (χ4v) is 4.38. The van der Waals surface area contributed by atoms with Crippen molar-refractivity contribution in [3.8, 4) is 11.4 Å². The number of fused-ring (bicyclic) bond motifs is 1. The number of carbonyl (C=O) groups is 1. The van der Waals surface area contributed by atoms with E-state index in [9.17, 15) is 4.79 Å². The second-order valence-electron chi connectivity index (χ2n) is 8.50. The smallest absolute Gasteiger partial charge is 0.192 e. The summed E-state index contributed by atoms with van der Waals surface area (Å²) in [4.78, 5) is 31.0. The highest BCUT2D eigenvalue weighted by atomic mass is 16.7. The molecule has 1 aliphatic rings. The highest BCUT2D eigenvalue weighted by Crippen LogP contribution is 2.23. The number of Topliss-reactive ketones (excluding diaryl/α,β-unsaturated/α-hetero) is 1. The molecule has 0 saturated heterocycles. The largest absolute Gasteiger partial charge is 0.496 e.